The summed E-state index contributed by atoms with van der Waals surface area (Å²) >= 11 is 0. The maximum absolute atomic E-state index is 12.8. The van der Waals surface area contributed by atoms with Gasteiger partial charge in [0.1, 0.15) is 11.9 Å². The van der Waals surface area contributed by atoms with Crippen LogP contribution in [0.2, 0.25) is 0 Å². The molecule has 2 heterocycles. The number of nitrogens with zero attached hydrogens (tertiary/aromatic N) is 3. The van der Waals surface area contributed by atoms with Gasteiger partial charge >= 0.3 is 6.18 Å². The third kappa shape index (κ3) is 5.49. The Balaban J connectivity index is 1.64. The highest BCUT2D eigenvalue weighted by molar-refractivity contribution is 5.85. The molecule has 0 aromatic carbocycles. The fourth-order valence-corrected chi connectivity index (χ4v) is 4.67. The van der Waals surface area contributed by atoms with Crippen molar-refractivity contribution >= 4 is 10.9 Å². The van der Waals surface area contributed by atoms with E-state index in [1.807, 2.05) is 6.92 Å². The monoisotopic (exact) mass is 453 g/mol. The van der Waals surface area contributed by atoms with Crippen LogP contribution < -0.4 is 4.74 Å². The minimum Gasteiger partial charge on any atom is -0.474 e. The minimum atomic E-state index is -4.22. The first-order valence-electron chi connectivity index (χ1n) is 11.3. The van der Waals surface area contributed by atoms with E-state index < -0.39 is 24.1 Å². The van der Waals surface area contributed by atoms with E-state index in [0.29, 0.717) is 48.3 Å². The van der Waals surface area contributed by atoms with Crippen molar-refractivity contribution in [2.75, 3.05) is 0 Å². The number of aromatic nitrogens is 3. The van der Waals surface area contributed by atoms with Gasteiger partial charge in [-0.3, -0.25) is 0 Å². The lowest BCUT2D eigenvalue weighted by Gasteiger charge is -2.34. The lowest BCUT2D eigenvalue weighted by molar-refractivity contribution is -0.143. The summed E-state index contributed by atoms with van der Waals surface area (Å²) in [6.45, 7) is 3.39. The molecule has 9 heteroatoms. The molecule has 0 saturated heterocycles. The van der Waals surface area contributed by atoms with E-state index in [9.17, 15) is 23.4 Å². The summed E-state index contributed by atoms with van der Waals surface area (Å²) < 4.78 is 44.3. The molecule has 2 aromatic rings. The third-order valence-electron chi connectivity index (χ3n) is 6.63. The number of aliphatic hydroxyl groups is 2. The molecule has 0 bridgehead atoms. The fraction of sp³-hybridized carbons (Fsp3) is 0.696. The van der Waals surface area contributed by atoms with Gasteiger partial charge in [-0.2, -0.15) is 13.2 Å². The lowest BCUT2D eigenvalue weighted by atomic mass is 9.77. The Bertz CT molecular complexity index is 951. The molecule has 6 nitrogen and oxygen atoms in total. The van der Waals surface area contributed by atoms with Gasteiger partial charge in [0, 0.05) is 43.6 Å². The van der Waals surface area contributed by atoms with E-state index in [1.54, 1.807) is 19.3 Å². The molecule has 2 aliphatic carbocycles. The first-order valence-corrected chi connectivity index (χ1v) is 11.3. The summed E-state index contributed by atoms with van der Waals surface area (Å²) in [5.74, 6) is 0.280. The largest absolute Gasteiger partial charge is 0.474 e. The van der Waals surface area contributed by atoms with Gasteiger partial charge in [-0.05, 0) is 44.4 Å². The molecule has 2 aromatic heterocycles. The molecule has 0 amide bonds. The summed E-state index contributed by atoms with van der Waals surface area (Å²) in [6, 6.07) is 0. The number of pyridine rings is 1. The van der Waals surface area contributed by atoms with Gasteiger partial charge < -0.3 is 14.9 Å². The lowest BCUT2D eigenvalue weighted by Crippen LogP contribution is -2.37. The molecule has 0 aliphatic heterocycles. The van der Waals surface area contributed by atoms with Crippen LogP contribution in [-0.4, -0.2) is 49.2 Å². The first-order chi connectivity index (χ1) is 15.0. The van der Waals surface area contributed by atoms with Crippen molar-refractivity contribution in [1.82, 2.24) is 15.0 Å². The van der Waals surface area contributed by atoms with Crippen LogP contribution in [0.5, 0.6) is 5.88 Å². The van der Waals surface area contributed by atoms with Crippen LogP contribution in [0.3, 0.4) is 0 Å². The van der Waals surface area contributed by atoms with Crippen LogP contribution in [0.4, 0.5) is 13.2 Å². The number of halogens is 3. The normalized spacial score (nSPS) is 29.5. The van der Waals surface area contributed by atoms with Crippen LogP contribution in [-0.2, 0) is 6.42 Å². The highest BCUT2D eigenvalue weighted by Gasteiger charge is 2.33. The zero-order chi connectivity index (χ0) is 23.1. The molecule has 4 rings (SSSR count). The quantitative estimate of drug-likeness (QED) is 0.671. The highest BCUT2D eigenvalue weighted by Crippen LogP contribution is 2.41. The average molecular weight is 454 g/mol. The second-order valence-corrected chi connectivity index (χ2v) is 9.83. The van der Waals surface area contributed by atoms with Gasteiger partial charge in [0.25, 0.3) is 0 Å². The number of rotatable bonds is 6. The standard InChI is InChI=1S/C23H30F3N3O3/c1-13(10-23(24,25)26)7-19-27-12-18-20(29-19)17(14-3-5-22(2,31)6-4-14)11-28-21(18)32-16-8-15(30)9-16/h11-16,30-31H,3-10H2,1-2H3/t13-,14?,15?,16?,22?/m1/s1. The first kappa shape index (κ1) is 23.2. The molecular weight excluding hydrogens is 423 g/mol. The van der Waals surface area contributed by atoms with E-state index in [2.05, 4.69) is 15.0 Å². The fourth-order valence-electron chi connectivity index (χ4n) is 4.67. The number of ether oxygens (including phenoxy) is 1. The number of aliphatic hydroxyl groups excluding tert-OH is 1. The van der Waals surface area contributed by atoms with E-state index in [-0.39, 0.29) is 24.5 Å². The Morgan fingerprint density at radius 3 is 2.50 bits per heavy atom. The summed E-state index contributed by atoms with van der Waals surface area (Å²) in [5.41, 5.74) is 0.898. The molecule has 2 N–H and O–H groups in total. The summed E-state index contributed by atoms with van der Waals surface area (Å²) in [7, 11) is 0. The second kappa shape index (κ2) is 8.74. The number of alkyl halides is 3. The van der Waals surface area contributed by atoms with Crippen LogP contribution >= 0.6 is 0 Å². The molecule has 2 fully saturated rings. The smallest absolute Gasteiger partial charge is 0.389 e. The molecule has 32 heavy (non-hydrogen) atoms. The Hall–Kier alpha value is -2.00. The number of hydrogen-bond donors (Lipinski definition) is 2. The van der Waals surface area contributed by atoms with E-state index in [0.717, 1.165) is 18.4 Å². The van der Waals surface area contributed by atoms with E-state index >= 15 is 0 Å². The van der Waals surface area contributed by atoms with E-state index in [4.69, 9.17) is 4.74 Å². The van der Waals surface area contributed by atoms with Crippen molar-refractivity contribution in [2.24, 2.45) is 5.92 Å². The summed E-state index contributed by atoms with van der Waals surface area (Å²) in [4.78, 5) is 13.5. The van der Waals surface area contributed by atoms with Crippen molar-refractivity contribution in [1.29, 1.82) is 0 Å². The van der Waals surface area contributed by atoms with Crippen LogP contribution in [0, 0.1) is 5.92 Å². The SMILES string of the molecule is C[C@H](Cc1ncc2c(OC3CC(O)C3)ncc(C3CCC(C)(O)CC3)c2n1)CC(F)(F)F. The van der Waals surface area contributed by atoms with Gasteiger partial charge in [-0.15, -0.1) is 0 Å². The summed E-state index contributed by atoms with van der Waals surface area (Å²) in [5, 5.41) is 20.5. The van der Waals surface area contributed by atoms with Crippen LogP contribution in [0.25, 0.3) is 10.9 Å². The van der Waals surface area contributed by atoms with Gasteiger partial charge in [0.15, 0.2) is 0 Å². The van der Waals surface area contributed by atoms with Gasteiger partial charge in [0.05, 0.1) is 22.6 Å². The highest BCUT2D eigenvalue weighted by atomic mass is 19.4. The Morgan fingerprint density at radius 1 is 1.19 bits per heavy atom. The maximum Gasteiger partial charge on any atom is 0.389 e. The van der Waals surface area contributed by atoms with E-state index in [1.165, 1.54) is 0 Å². The van der Waals surface area contributed by atoms with Crippen molar-refractivity contribution in [3.05, 3.63) is 23.8 Å². The Labute approximate surface area is 185 Å². The van der Waals surface area contributed by atoms with Gasteiger partial charge in [0.2, 0.25) is 5.88 Å². The molecule has 0 spiro atoms. The van der Waals surface area contributed by atoms with Crippen LogP contribution in [0.15, 0.2) is 12.4 Å². The topological polar surface area (TPSA) is 88.4 Å². The summed E-state index contributed by atoms with van der Waals surface area (Å²) in [6.07, 6.45) is 1.84. The van der Waals surface area contributed by atoms with Gasteiger partial charge in [-0.25, -0.2) is 15.0 Å². The minimum absolute atomic E-state index is 0.122. The average Bonchev–Trinajstić information content (AvgIpc) is 2.65. The Kier molecular flexibility index (Phi) is 6.33. The number of hydrogen-bond acceptors (Lipinski definition) is 6. The number of fused-ring (bicyclic) bond motifs is 1. The van der Waals surface area contributed by atoms with Crippen molar-refractivity contribution in [2.45, 2.75) is 95.1 Å². The molecule has 2 saturated carbocycles. The molecule has 0 unspecified atom stereocenters. The molecular formula is C23H30F3N3O3. The maximum atomic E-state index is 12.8. The second-order valence-electron chi connectivity index (χ2n) is 9.83. The predicted molar refractivity (Wildman–Crippen MR) is 112 cm³/mol. The molecule has 176 valence electrons. The third-order valence-corrected chi connectivity index (χ3v) is 6.63. The zero-order valence-electron chi connectivity index (χ0n) is 18.4. The van der Waals surface area contributed by atoms with Gasteiger partial charge in [-0.1, -0.05) is 6.92 Å². The Morgan fingerprint density at radius 2 is 1.88 bits per heavy atom. The zero-order valence-corrected chi connectivity index (χ0v) is 18.4. The van der Waals surface area contributed by atoms with Crippen molar-refractivity contribution in [3.63, 3.8) is 0 Å². The molecule has 1 atom stereocenters. The van der Waals surface area contributed by atoms with Crippen molar-refractivity contribution in [3.8, 4) is 5.88 Å². The molecule has 2 aliphatic rings. The predicted octanol–water partition coefficient (Wildman–Crippen LogP) is 4.47. The van der Waals surface area contributed by atoms with Crippen molar-refractivity contribution < 1.29 is 28.1 Å². The molecule has 0 radical (unpaired) electrons. The van der Waals surface area contributed by atoms with Crippen LogP contribution in [0.1, 0.15) is 76.1 Å².